The van der Waals surface area contributed by atoms with Crippen molar-refractivity contribution in [3.05, 3.63) is 68.2 Å². The molecule has 3 aromatic carbocycles. The number of benzene rings is 3. The van der Waals surface area contributed by atoms with Crippen LogP contribution in [0, 0.1) is 20.8 Å². The first-order chi connectivity index (χ1) is 17.5. The summed E-state index contributed by atoms with van der Waals surface area (Å²) in [6.45, 7) is 4.79. The van der Waals surface area contributed by atoms with E-state index in [-0.39, 0.29) is 31.6 Å². The van der Waals surface area contributed by atoms with E-state index in [0.29, 0.717) is 33.8 Å². The minimum Gasteiger partial charge on any atom is -0.744 e. The number of hydrogen-bond donors (Lipinski definition) is 3. The van der Waals surface area contributed by atoms with Crippen molar-refractivity contribution in [1.82, 2.24) is 0 Å². The fraction of sp³-hybridized carbons (Fsp3) is 0.143. The molecule has 0 saturated carbocycles. The maximum Gasteiger partial charge on any atom is 3.00 e. The normalized spacial score (nSPS) is 11.3. The van der Waals surface area contributed by atoms with Crippen LogP contribution in [-0.2, 0) is 46.8 Å². The first-order valence-corrected chi connectivity index (χ1v) is 15.4. The summed E-state index contributed by atoms with van der Waals surface area (Å²) in [6, 6.07) is 7.25. The molecule has 40 heavy (non-hydrogen) atoms. The van der Waals surface area contributed by atoms with Crippen molar-refractivity contribution < 1.29 is 55.4 Å². The van der Waals surface area contributed by atoms with E-state index in [4.69, 9.17) is 52.0 Å². The minimum atomic E-state index is -4.51. The molecule has 0 aliphatic rings. The van der Waals surface area contributed by atoms with Crippen LogP contribution >= 0.6 is 34.8 Å². The second-order valence-electron chi connectivity index (χ2n) is 7.78. The van der Waals surface area contributed by atoms with Gasteiger partial charge in [-0.25, -0.2) is 25.3 Å². The molecule has 1 radical (unpaired) electrons. The van der Waals surface area contributed by atoms with E-state index in [0.717, 1.165) is 0 Å². The number of anilines is 3. The Kier molecular flexibility index (Phi) is 13.7. The molecule has 0 saturated heterocycles. The third-order valence-electron chi connectivity index (χ3n) is 4.77. The number of nitrogens with two attached hydrogens (primary N) is 3. The molecule has 0 spiro atoms. The van der Waals surface area contributed by atoms with Crippen LogP contribution in [0.2, 0.25) is 15.1 Å². The Morgan fingerprint density at radius 2 is 0.675 bits per heavy atom. The van der Waals surface area contributed by atoms with Crippen molar-refractivity contribution in [3.8, 4) is 0 Å². The number of nitrogen functional groups attached to an aromatic ring is 3. The largest absolute Gasteiger partial charge is 3.00 e. The van der Waals surface area contributed by atoms with Gasteiger partial charge in [0.2, 0.25) is 0 Å². The molecule has 0 aliphatic carbocycles. The van der Waals surface area contributed by atoms with E-state index in [1.54, 1.807) is 20.8 Å². The molecule has 0 aromatic heterocycles. The van der Waals surface area contributed by atoms with Crippen molar-refractivity contribution >= 4 is 82.2 Å². The second kappa shape index (κ2) is 14.4. The average molecular weight is 721 g/mol. The van der Waals surface area contributed by atoms with Gasteiger partial charge in [-0.2, -0.15) is 0 Å². The Labute approximate surface area is 257 Å². The first kappa shape index (κ1) is 38.2. The molecule has 0 unspecified atom stereocenters. The van der Waals surface area contributed by atoms with Crippen LogP contribution in [0.1, 0.15) is 16.7 Å². The van der Waals surface area contributed by atoms with Gasteiger partial charge in [-0.05, 0) is 73.9 Å². The summed E-state index contributed by atoms with van der Waals surface area (Å²) >= 11 is 16.6. The molecule has 0 atom stereocenters. The van der Waals surface area contributed by atoms with Crippen LogP contribution in [0.15, 0.2) is 51.1 Å². The van der Waals surface area contributed by atoms with E-state index in [1.807, 2.05) is 0 Å². The standard InChI is InChI=1S/3C7H8ClNO3S.Ni/c3*1-4-2-7(13(10,11)12)5(8)3-6(4)9;/h3*2-3H,9H2,1H3,(H,10,11,12);/q;;;+3/p-3. The van der Waals surface area contributed by atoms with Gasteiger partial charge in [0.1, 0.15) is 30.4 Å². The molecule has 0 bridgehead atoms. The van der Waals surface area contributed by atoms with Crippen LogP contribution in [0.3, 0.4) is 0 Å². The molecule has 0 amide bonds. The summed E-state index contributed by atoms with van der Waals surface area (Å²) < 4.78 is 95.7. The molecule has 12 nitrogen and oxygen atoms in total. The Balaban J connectivity index is 0.000000563. The summed E-state index contributed by atoms with van der Waals surface area (Å²) in [7, 11) is -13.5. The SMILES string of the molecule is Cc1cc(S(=O)(=O)[O-])c(Cl)cc1N.Cc1cc(S(=O)(=O)[O-])c(Cl)cc1N.Cc1cc(S(=O)(=O)[O-])c(Cl)cc1N.[Ni+3]. The molecular weight excluding hydrogens is 699 g/mol. The van der Waals surface area contributed by atoms with Crippen molar-refractivity contribution in [1.29, 1.82) is 0 Å². The molecule has 0 fully saturated rings. The molecule has 0 aliphatic heterocycles. The van der Waals surface area contributed by atoms with Gasteiger partial charge in [-0.15, -0.1) is 0 Å². The third kappa shape index (κ3) is 10.9. The predicted octanol–water partition coefficient (Wildman–Crippen LogP) is 3.40. The van der Waals surface area contributed by atoms with Crippen molar-refractivity contribution in [2.75, 3.05) is 17.2 Å². The summed E-state index contributed by atoms with van der Waals surface area (Å²) in [5, 5.41) is -0.422. The monoisotopic (exact) mass is 718 g/mol. The van der Waals surface area contributed by atoms with Crippen LogP contribution < -0.4 is 17.2 Å². The quantitative estimate of drug-likeness (QED) is 0.200. The van der Waals surface area contributed by atoms with Crippen molar-refractivity contribution in [3.63, 3.8) is 0 Å². The average Bonchev–Trinajstić information content (AvgIpc) is 2.74. The zero-order valence-corrected chi connectivity index (χ0v) is 26.3. The molecule has 223 valence electrons. The Hall–Kier alpha value is -1.85. The Morgan fingerprint density at radius 3 is 0.825 bits per heavy atom. The number of rotatable bonds is 3. The predicted molar refractivity (Wildman–Crippen MR) is 146 cm³/mol. The fourth-order valence-corrected chi connectivity index (χ4v) is 5.81. The topological polar surface area (TPSA) is 250 Å². The van der Waals surface area contributed by atoms with Gasteiger partial charge in [0.15, 0.2) is 0 Å². The summed E-state index contributed by atoms with van der Waals surface area (Å²) in [5.41, 5.74) is 19.0. The van der Waals surface area contributed by atoms with E-state index in [1.165, 1.54) is 36.4 Å². The molecule has 0 heterocycles. The van der Waals surface area contributed by atoms with Crippen LogP contribution in [0.4, 0.5) is 17.1 Å². The van der Waals surface area contributed by atoms with Gasteiger partial charge in [0, 0.05) is 17.1 Å². The zero-order valence-electron chi connectivity index (χ0n) is 20.5. The van der Waals surface area contributed by atoms with Crippen molar-refractivity contribution in [2.24, 2.45) is 0 Å². The summed E-state index contributed by atoms with van der Waals surface area (Å²) in [6.07, 6.45) is 0. The van der Waals surface area contributed by atoms with Crippen LogP contribution in [-0.4, -0.2) is 38.9 Å². The Morgan fingerprint density at radius 1 is 0.500 bits per heavy atom. The zero-order chi connectivity index (χ0) is 30.7. The van der Waals surface area contributed by atoms with Crippen LogP contribution in [0.25, 0.3) is 0 Å². The number of halogens is 3. The van der Waals surface area contributed by atoms with Gasteiger partial charge in [-0.3, -0.25) is 0 Å². The number of hydrogen-bond acceptors (Lipinski definition) is 12. The third-order valence-corrected chi connectivity index (χ3v) is 8.67. The summed E-state index contributed by atoms with van der Waals surface area (Å²) in [4.78, 5) is -1.29. The smallest absolute Gasteiger partial charge is 0.744 e. The van der Waals surface area contributed by atoms with E-state index >= 15 is 0 Å². The van der Waals surface area contributed by atoms with Gasteiger partial charge in [0.05, 0.1) is 29.8 Å². The summed E-state index contributed by atoms with van der Waals surface area (Å²) in [5.74, 6) is 0. The Bertz CT molecular complexity index is 1530. The first-order valence-electron chi connectivity index (χ1n) is 10.0. The second-order valence-corrected chi connectivity index (χ2v) is 13.0. The molecular formula is C21H21Cl3N3NiO9S3. The molecule has 19 heteroatoms. The van der Waals surface area contributed by atoms with Crippen molar-refractivity contribution in [2.45, 2.75) is 35.5 Å². The van der Waals surface area contributed by atoms with Gasteiger partial charge < -0.3 is 30.9 Å². The van der Waals surface area contributed by atoms with Gasteiger partial charge in [0.25, 0.3) is 0 Å². The van der Waals surface area contributed by atoms with Gasteiger partial charge in [-0.1, -0.05) is 34.8 Å². The number of aryl methyl sites for hydroxylation is 3. The van der Waals surface area contributed by atoms with E-state index < -0.39 is 45.0 Å². The minimum absolute atomic E-state index is 0. The molecule has 3 rings (SSSR count). The van der Waals surface area contributed by atoms with E-state index in [9.17, 15) is 38.9 Å². The van der Waals surface area contributed by atoms with Crippen LogP contribution in [0.5, 0.6) is 0 Å². The fourth-order valence-electron chi connectivity index (χ4n) is 2.59. The maximum absolute atomic E-state index is 10.6. The maximum atomic E-state index is 10.6. The van der Waals surface area contributed by atoms with Gasteiger partial charge >= 0.3 is 16.5 Å². The molecule has 3 aromatic rings. The van der Waals surface area contributed by atoms with E-state index in [2.05, 4.69) is 0 Å². The molecule has 6 N–H and O–H groups in total.